The summed E-state index contributed by atoms with van der Waals surface area (Å²) >= 11 is 0. The highest BCUT2D eigenvalue weighted by molar-refractivity contribution is 5.19. The van der Waals surface area contributed by atoms with Crippen LogP contribution in [0, 0.1) is 47.3 Å². The van der Waals surface area contributed by atoms with E-state index in [2.05, 4.69) is 71.9 Å². The molecule has 0 bridgehead atoms. The predicted octanol–water partition coefficient (Wildman–Crippen LogP) is 7.38. The topological polar surface area (TPSA) is 20.2 Å². The zero-order valence-electron chi connectivity index (χ0n) is 19.9. The van der Waals surface area contributed by atoms with Gasteiger partial charge in [0.05, 0.1) is 5.60 Å². The van der Waals surface area contributed by atoms with Crippen LogP contribution >= 0.6 is 0 Å². The lowest BCUT2D eigenvalue weighted by Crippen LogP contribution is -2.56. The predicted molar refractivity (Wildman–Crippen MR) is 125 cm³/mol. The Bertz CT molecular complexity index is 586. The minimum absolute atomic E-state index is 0.419. The molecule has 0 aromatic heterocycles. The van der Waals surface area contributed by atoms with Gasteiger partial charge >= 0.3 is 0 Å². The smallest absolute Gasteiger partial charge is 0.0749 e. The summed E-state index contributed by atoms with van der Waals surface area (Å²) < 4.78 is 0. The van der Waals surface area contributed by atoms with Crippen molar-refractivity contribution in [2.45, 2.75) is 92.1 Å². The van der Waals surface area contributed by atoms with Gasteiger partial charge in [-0.3, -0.25) is 0 Å². The summed E-state index contributed by atoms with van der Waals surface area (Å²) in [4.78, 5) is 0. The van der Waals surface area contributed by atoms with Gasteiger partial charge in [-0.2, -0.15) is 0 Å². The van der Waals surface area contributed by atoms with E-state index in [0.717, 1.165) is 18.3 Å². The second-order valence-corrected chi connectivity index (χ2v) is 11.5. The summed E-state index contributed by atoms with van der Waals surface area (Å²) in [5.41, 5.74) is 0.727. The molecule has 2 aliphatic carbocycles. The molecule has 0 aliphatic heterocycles. The quantitative estimate of drug-likeness (QED) is 0.530. The first-order chi connectivity index (χ1) is 13.7. The molecule has 0 amide bonds. The average molecular weight is 399 g/mol. The molecule has 6 unspecified atom stereocenters. The van der Waals surface area contributed by atoms with Crippen molar-refractivity contribution >= 4 is 0 Å². The van der Waals surface area contributed by atoms with E-state index in [0.29, 0.717) is 35.5 Å². The van der Waals surface area contributed by atoms with Crippen molar-refractivity contribution < 1.29 is 5.11 Å². The van der Waals surface area contributed by atoms with E-state index < -0.39 is 5.60 Å². The van der Waals surface area contributed by atoms with E-state index >= 15 is 0 Å². The lowest BCUT2D eigenvalue weighted by Gasteiger charge is -2.54. The van der Waals surface area contributed by atoms with Crippen molar-refractivity contribution in [3.8, 4) is 0 Å². The Balaban J connectivity index is 2.04. The summed E-state index contributed by atoms with van der Waals surface area (Å²) in [5, 5.41) is 12.8. The molecule has 2 fully saturated rings. The fourth-order valence-corrected chi connectivity index (χ4v) is 7.01. The Hall–Kier alpha value is -0.820. The number of aliphatic hydroxyl groups is 1. The molecule has 1 aromatic carbocycles. The molecule has 0 spiro atoms. The number of rotatable bonds is 6. The van der Waals surface area contributed by atoms with Crippen LogP contribution in [-0.4, -0.2) is 10.7 Å². The second kappa shape index (κ2) is 9.54. The lowest BCUT2D eigenvalue weighted by molar-refractivity contribution is -0.147. The average Bonchev–Trinajstić information content (AvgIpc) is 2.68. The van der Waals surface area contributed by atoms with Crippen LogP contribution in [0.25, 0.3) is 0 Å². The van der Waals surface area contributed by atoms with Crippen molar-refractivity contribution in [2.75, 3.05) is 0 Å². The van der Waals surface area contributed by atoms with Crippen LogP contribution in [0.2, 0.25) is 0 Å². The van der Waals surface area contributed by atoms with Gasteiger partial charge in [-0.15, -0.1) is 0 Å². The molecule has 3 rings (SSSR count). The van der Waals surface area contributed by atoms with E-state index in [1.807, 2.05) is 0 Å². The largest absolute Gasteiger partial charge is 0.389 e. The molecule has 0 heterocycles. The van der Waals surface area contributed by atoms with Crippen LogP contribution in [0.4, 0.5) is 0 Å². The minimum Gasteiger partial charge on any atom is -0.389 e. The highest BCUT2D eigenvalue weighted by Crippen LogP contribution is 2.53. The van der Waals surface area contributed by atoms with E-state index in [1.165, 1.54) is 44.1 Å². The van der Waals surface area contributed by atoms with Crippen molar-refractivity contribution in [1.82, 2.24) is 0 Å². The van der Waals surface area contributed by atoms with E-state index in [-0.39, 0.29) is 0 Å². The van der Waals surface area contributed by atoms with Crippen molar-refractivity contribution in [3.63, 3.8) is 0 Å². The van der Waals surface area contributed by atoms with Gasteiger partial charge < -0.3 is 5.11 Å². The Kier molecular flexibility index (Phi) is 7.52. The molecule has 29 heavy (non-hydrogen) atoms. The molecule has 0 saturated heterocycles. The maximum Gasteiger partial charge on any atom is 0.0749 e. The van der Waals surface area contributed by atoms with Crippen molar-refractivity contribution in [2.24, 2.45) is 47.3 Å². The molecule has 164 valence electrons. The normalized spacial score (nSPS) is 35.6. The zero-order valence-corrected chi connectivity index (χ0v) is 19.9. The first-order valence-corrected chi connectivity index (χ1v) is 12.5. The standard InChI is InChI=1S/C28H46O/c1-19(2)24-14-12-21(5)16-26(24)28(29,18-23-10-8-7-9-11-23)27-17-22(6)13-15-25(27)20(3)4/h7-11,19-22,24-27,29H,12-18H2,1-6H3. The number of hydrogen-bond acceptors (Lipinski definition) is 1. The van der Waals surface area contributed by atoms with Crippen LogP contribution in [0.3, 0.4) is 0 Å². The summed E-state index contributed by atoms with van der Waals surface area (Å²) in [5.74, 6) is 4.88. The van der Waals surface area contributed by atoms with Gasteiger partial charge in [0.15, 0.2) is 0 Å². The van der Waals surface area contributed by atoms with Gasteiger partial charge in [0.25, 0.3) is 0 Å². The van der Waals surface area contributed by atoms with Crippen LogP contribution in [-0.2, 0) is 6.42 Å². The van der Waals surface area contributed by atoms with Crippen LogP contribution in [0.5, 0.6) is 0 Å². The second-order valence-electron chi connectivity index (χ2n) is 11.5. The monoisotopic (exact) mass is 398 g/mol. The highest BCUT2D eigenvalue weighted by Gasteiger charge is 2.52. The Morgan fingerprint density at radius 3 is 1.66 bits per heavy atom. The third kappa shape index (κ3) is 5.09. The molecular weight excluding hydrogens is 352 g/mol. The van der Waals surface area contributed by atoms with Gasteiger partial charge in [-0.05, 0) is 78.6 Å². The van der Waals surface area contributed by atoms with Gasteiger partial charge in [0.1, 0.15) is 0 Å². The summed E-state index contributed by atoms with van der Waals surface area (Å²) in [7, 11) is 0. The lowest BCUT2D eigenvalue weighted by atomic mass is 9.53. The maximum absolute atomic E-state index is 12.8. The van der Waals surface area contributed by atoms with Crippen molar-refractivity contribution in [1.29, 1.82) is 0 Å². The number of hydrogen-bond donors (Lipinski definition) is 1. The highest BCUT2D eigenvalue weighted by atomic mass is 16.3. The summed E-state index contributed by atoms with van der Waals surface area (Å²) in [6.07, 6.45) is 8.45. The van der Waals surface area contributed by atoms with Crippen LogP contribution in [0.1, 0.15) is 85.6 Å². The first-order valence-electron chi connectivity index (χ1n) is 12.5. The SMILES string of the molecule is CC1CCC(C(C)C)C(C(O)(Cc2ccccc2)C2CC(C)CCC2C(C)C)C1. The molecule has 1 aromatic rings. The zero-order chi connectivity index (χ0) is 21.2. The third-order valence-corrected chi connectivity index (χ3v) is 8.66. The molecule has 2 saturated carbocycles. The van der Waals surface area contributed by atoms with Crippen LogP contribution < -0.4 is 0 Å². The fourth-order valence-electron chi connectivity index (χ4n) is 7.01. The Morgan fingerprint density at radius 2 is 1.24 bits per heavy atom. The molecular formula is C28H46O. The maximum atomic E-state index is 12.8. The first kappa shape index (κ1) is 22.9. The Morgan fingerprint density at radius 1 is 0.793 bits per heavy atom. The summed E-state index contributed by atoms with van der Waals surface area (Å²) in [6.45, 7) is 14.4. The van der Waals surface area contributed by atoms with Gasteiger partial charge in [0.2, 0.25) is 0 Å². The molecule has 1 N–H and O–H groups in total. The van der Waals surface area contributed by atoms with Gasteiger partial charge in [-0.1, -0.05) is 84.7 Å². The molecule has 0 radical (unpaired) electrons. The number of benzene rings is 1. The van der Waals surface area contributed by atoms with E-state index in [1.54, 1.807) is 0 Å². The fraction of sp³-hybridized carbons (Fsp3) is 0.786. The molecule has 1 heteroatoms. The molecule has 6 atom stereocenters. The van der Waals surface area contributed by atoms with Gasteiger partial charge in [0, 0.05) is 6.42 Å². The van der Waals surface area contributed by atoms with Crippen LogP contribution in [0.15, 0.2) is 30.3 Å². The Labute approximate surface area is 180 Å². The van der Waals surface area contributed by atoms with E-state index in [4.69, 9.17) is 0 Å². The van der Waals surface area contributed by atoms with Gasteiger partial charge in [-0.25, -0.2) is 0 Å². The minimum atomic E-state index is -0.589. The van der Waals surface area contributed by atoms with E-state index in [9.17, 15) is 5.11 Å². The molecule has 1 nitrogen and oxygen atoms in total. The summed E-state index contributed by atoms with van der Waals surface area (Å²) in [6, 6.07) is 10.9. The third-order valence-electron chi connectivity index (χ3n) is 8.66. The molecule has 2 aliphatic rings. The van der Waals surface area contributed by atoms with Crippen molar-refractivity contribution in [3.05, 3.63) is 35.9 Å².